The number of aromatic nitrogens is 2. The van der Waals surface area contributed by atoms with Crippen LogP contribution in [0.25, 0.3) is 11.4 Å². The van der Waals surface area contributed by atoms with Crippen LogP contribution in [-0.2, 0) is 0 Å². The Morgan fingerprint density at radius 3 is 2.85 bits per heavy atom. The first-order valence-electron chi connectivity index (χ1n) is 6.93. The average Bonchev–Trinajstić information content (AvgIpc) is 2.92. The van der Waals surface area contributed by atoms with Crippen LogP contribution in [0.1, 0.15) is 43.1 Å². The van der Waals surface area contributed by atoms with Gasteiger partial charge in [-0.05, 0) is 43.5 Å². The van der Waals surface area contributed by atoms with Crippen molar-refractivity contribution < 1.29 is 14.0 Å². The van der Waals surface area contributed by atoms with E-state index >= 15 is 0 Å². The number of aryl methyl sites for hydroxylation is 1. The number of aliphatic hydroxyl groups excluding tert-OH is 1. The summed E-state index contributed by atoms with van der Waals surface area (Å²) < 4.78 is 18.5. The van der Waals surface area contributed by atoms with Gasteiger partial charge < -0.3 is 9.63 Å². The summed E-state index contributed by atoms with van der Waals surface area (Å²) in [6.07, 6.45) is 3.33. The Kier molecular flexibility index (Phi) is 3.53. The van der Waals surface area contributed by atoms with Crippen LogP contribution < -0.4 is 0 Å². The molecule has 2 unspecified atom stereocenters. The van der Waals surface area contributed by atoms with Gasteiger partial charge in [0, 0.05) is 5.56 Å². The molecule has 1 aliphatic rings. The maximum Gasteiger partial charge on any atom is 0.232 e. The summed E-state index contributed by atoms with van der Waals surface area (Å²) >= 11 is 0. The number of benzene rings is 1. The fourth-order valence-corrected chi connectivity index (χ4v) is 2.69. The molecule has 0 spiro atoms. The fourth-order valence-electron chi connectivity index (χ4n) is 2.69. The summed E-state index contributed by atoms with van der Waals surface area (Å²) in [5, 5.41) is 14.0. The Morgan fingerprint density at radius 1 is 1.30 bits per heavy atom. The average molecular weight is 276 g/mol. The van der Waals surface area contributed by atoms with Gasteiger partial charge in [-0.15, -0.1) is 0 Å². The van der Waals surface area contributed by atoms with Crippen molar-refractivity contribution >= 4 is 0 Å². The second-order valence-corrected chi connectivity index (χ2v) is 5.38. The molecule has 1 aromatic heterocycles. The van der Waals surface area contributed by atoms with Gasteiger partial charge in [-0.2, -0.15) is 4.98 Å². The van der Waals surface area contributed by atoms with E-state index in [1.165, 1.54) is 6.07 Å². The van der Waals surface area contributed by atoms with Gasteiger partial charge in [0.15, 0.2) is 0 Å². The van der Waals surface area contributed by atoms with Crippen molar-refractivity contribution in [1.29, 1.82) is 0 Å². The molecule has 1 aromatic carbocycles. The molecule has 0 aliphatic heterocycles. The van der Waals surface area contributed by atoms with Crippen LogP contribution in [0.3, 0.4) is 0 Å². The van der Waals surface area contributed by atoms with Crippen LogP contribution in [-0.4, -0.2) is 21.4 Å². The summed E-state index contributed by atoms with van der Waals surface area (Å²) in [7, 11) is 0. The Hall–Kier alpha value is -1.75. The van der Waals surface area contributed by atoms with Gasteiger partial charge in [-0.25, -0.2) is 4.39 Å². The Labute approximate surface area is 116 Å². The molecule has 0 amide bonds. The number of halogens is 1. The third-order valence-electron chi connectivity index (χ3n) is 3.90. The molecular formula is C15H17FN2O2. The molecule has 1 heterocycles. The predicted octanol–water partition coefficient (Wildman–Crippen LogP) is 3.20. The highest BCUT2D eigenvalue weighted by Gasteiger charge is 2.29. The van der Waals surface area contributed by atoms with Crippen molar-refractivity contribution in [2.24, 2.45) is 0 Å². The maximum absolute atomic E-state index is 13.3. The summed E-state index contributed by atoms with van der Waals surface area (Å²) in [6, 6.07) is 4.73. The highest BCUT2D eigenvalue weighted by atomic mass is 19.1. The lowest BCUT2D eigenvalue weighted by Crippen LogP contribution is -2.22. The van der Waals surface area contributed by atoms with E-state index in [1.54, 1.807) is 19.1 Å². The highest BCUT2D eigenvalue weighted by Crippen LogP contribution is 2.33. The van der Waals surface area contributed by atoms with E-state index in [1.807, 2.05) is 0 Å². The minimum absolute atomic E-state index is 0.0773. The first-order valence-corrected chi connectivity index (χ1v) is 6.93. The number of rotatable bonds is 2. The Bertz CT molecular complexity index is 612. The van der Waals surface area contributed by atoms with Crippen molar-refractivity contribution in [3.8, 4) is 11.4 Å². The molecule has 5 heteroatoms. The Balaban J connectivity index is 1.87. The van der Waals surface area contributed by atoms with Crippen LogP contribution in [0.4, 0.5) is 4.39 Å². The van der Waals surface area contributed by atoms with Crippen LogP contribution in [0, 0.1) is 12.7 Å². The standard InChI is InChI=1S/C15H17FN2O2/c1-9-8-10(6-7-12(9)16)14-17-15(20-18-14)11-4-2-3-5-13(11)19/h6-8,11,13,19H,2-5H2,1H3. The van der Waals surface area contributed by atoms with Gasteiger partial charge in [0.2, 0.25) is 11.7 Å². The number of nitrogens with zero attached hydrogens (tertiary/aromatic N) is 2. The zero-order valence-electron chi connectivity index (χ0n) is 11.3. The minimum atomic E-state index is -0.410. The van der Waals surface area contributed by atoms with Crippen molar-refractivity contribution in [2.75, 3.05) is 0 Å². The van der Waals surface area contributed by atoms with E-state index in [9.17, 15) is 9.50 Å². The Morgan fingerprint density at radius 2 is 2.10 bits per heavy atom. The predicted molar refractivity (Wildman–Crippen MR) is 71.6 cm³/mol. The number of hydrogen-bond donors (Lipinski definition) is 1. The van der Waals surface area contributed by atoms with Crippen molar-refractivity contribution in [1.82, 2.24) is 10.1 Å². The zero-order valence-corrected chi connectivity index (χ0v) is 11.3. The normalized spacial score (nSPS) is 22.9. The maximum atomic E-state index is 13.3. The van der Waals surface area contributed by atoms with Gasteiger partial charge >= 0.3 is 0 Å². The molecule has 2 atom stereocenters. The molecule has 3 rings (SSSR count). The molecule has 1 saturated carbocycles. The molecule has 1 N–H and O–H groups in total. The van der Waals surface area contributed by atoms with E-state index in [0.717, 1.165) is 31.2 Å². The van der Waals surface area contributed by atoms with Crippen LogP contribution in [0.2, 0.25) is 0 Å². The summed E-state index contributed by atoms with van der Waals surface area (Å²) in [5.74, 6) is 0.599. The van der Waals surface area contributed by atoms with E-state index in [0.29, 0.717) is 17.3 Å². The van der Waals surface area contributed by atoms with Crippen molar-refractivity contribution in [3.63, 3.8) is 0 Å². The third kappa shape index (κ3) is 2.45. The van der Waals surface area contributed by atoms with Crippen molar-refractivity contribution in [3.05, 3.63) is 35.5 Å². The summed E-state index contributed by atoms with van der Waals surface area (Å²) in [5.41, 5.74) is 1.27. The van der Waals surface area contributed by atoms with Gasteiger partial charge in [0.1, 0.15) is 5.82 Å². The number of aliphatic hydroxyl groups is 1. The second kappa shape index (κ2) is 5.32. The quantitative estimate of drug-likeness (QED) is 0.915. The van der Waals surface area contributed by atoms with Gasteiger partial charge in [-0.3, -0.25) is 0 Å². The van der Waals surface area contributed by atoms with E-state index in [2.05, 4.69) is 10.1 Å². The molecule has 1 fully saturated rings. The molecule has 0 radical (unpaired) electrons. The van der Waals surface area contributed by atoms with E-state index in [4.69, 9.17) is 4.52 Å². The van der Waals surface area contributed by atoms with E-state index < -0.39 is 6.10 Å². The molecule has 0 saturated heterocycles. The molecular weight excluding hydrogens is 259 g/mol. The molecule has 0 bridgehead atoms. The van der Waals surface area contributed by atoms with Gasteiger partial charge in [0.05, 0.1) is 12.0 Å². The van der Waals surface area contributed by atoms with Crippen LogP contribution >= 0.6 is 0 Å². The topological polar surface area (TPSA) is 59.2 Å². The summed E-state index contributed by atoms with van der Waals surface area (Å²) in [4.78, 5) is 4.37. The van der Waals surface area contributed by atoms with Gasteiger partial charge in [0.25, 0.3) is 0 Å². The fraction of sp³-hybridized carbons (Fsp3) is 0.467. The molecule has 2 aromatic rings. The van der Waals surface area contributed by atoms with E-state index in [-0.39, 0.29) is 11.7 Å². The SMILES string of the molecule is Cc1cc(-c2noc(C3CCCCC3O)n2)ccc1F. The molecule has 1 aliphatic carbocycles. The molecule has 4 nitrogen and oxygen atoms in total. The molecule has 106 valence electrons. The lowest BCUT2D eigenvalue weighted by atomic mass is 9.86. The molecule has 20 heavy (non-hydrogen) atoms. The van der Waals surface area contributed by atoms with Crippen molar-refractivity contribution in [2.45, 2.75) is 44.6 Å². The first kappa shape index (κ1) is 13.2. The smallest absolute Gasteiger partial charge is 0.232 e. The first-order chi connectivity index (χ1) is 9.65. The van der Waals surface area contributed by atoms with Crippen LogP contribution in [0.5, 0.6) is 0 Å². The monoisotopic (exact) mass is 276 g/mol. The second-order valence-electron chi connectivity index (χ2n) is 5.38. The number of hydrogen-bond acceptors (Lipinski definition) is 4. The highest BCUT2D eigenvalue weighted by molar-refractivity contribution is 5.55. The minimum Gasteiger partial charge on any atom is -0.392 e. The van der Waals surface area contributed by atoms with Crippen LogP contribution in [0.15, 0.2) is 22.7 Å². The third-order valence-corrected chi connectivity index (χ3v) is 3.90. The lowest BCUT2D eigenvalue weighted by Gasteiger charge is -2.24. The van der Waals surface area contributed by atoms with Gasteiger partial charge in [-0.1, -0.05) is 18.0 Å². The lowest BCUT2D eigenvalue weighted by molar-refractivity contribution is 0.0908. The zero-order chi connectivity index (χ0) is 14.1. The largest absolute Gasteiger partial charge is 0.392 e. The summed E-state index contributed by atoms with van der Waals surface area (Å²) in [6.45, 7) is 1.70.